The third kappa shape index (κ3) is 5.33. The standard InChI is InChI=1S/C21H20AsFN2O4/c1-28-15-6-3-13(4-7-15)9-10-22-19-12-18(24-21(25-19)29-2)14-5-8-17(23)16(11-14)20(26)27/h3-8,11-12,22H,9-10H2,1-2H3,(H,26,27). The van der Waals surface area contributed by atoms with Crippen LogP contribution in [-0.2, 0) is 6.42 Å². The summed E-state index contributed by atoms with van der Waals surface area (Å²) in [4.78, 5) is 19.9. The van der Waals surface area contributed by atoms with Crippen LogP contribution < -0.4 is 14.0 Å². The molecule has 0 saturated carbocycles. The van der Waals surface area contributed by atoms with E-state index in [0.717, 1.165) is 27.9 Å². The maximum atomic E-state index is 13.7. The van der Waals surface area contributed by atoms with Gasteiger partial charge in [-0.05, 0) is 0 Å². The summed E-state index contributed by atoms with van der Waals surface area (Å²) in [6, 6.07) is 13.9. The Morgan fingerprint density at radius 1 is 1.07 bits per heavy atom. The van der Waals surface area contributed by atoms with Gasteiger partial charge in [-0.3, -0.25) is 0 Å². The van der Waals surface area contributed by atoms with E-state index in [-0.39, 0.29) is 6.01 Å². The van der Waals surface area contributed by atoms with Crippen LogP contribution in [0.1, 0.15) is 15.9 Å². The average molecular weight is 458 g/mol. The summed E-state index contributed by atoms with van der Waals surface area (Å²) < 4.78 is 25.0. The molecular formula is C21H20AsFN2O4. The van der Waals surface area contributed by atoms with E-state index in [1.807, 2.05) is 30.3 Å². The molecule has 1 atom stereocenters. The van der Waals surface area contributed by atoms with Crippen LogP contribution in [0.2, 0.25) is 5.21 Å². The number of hydrogen-bond acceptors (Lipinski definition) is 5. The van der Waals surface area contributed by atoms with E-state index >= 15 is 0 Å². The number of methoxy groups -OCH3 is 2. The zero-order valence-corrected chi connectivity index (χ0v) is 18.1. The fourth-order valence-electron chi connectivity index (χ4n) is 2.73. The van der Waals surface area contributed by atoms with Crippen LogP contribution >= 0.6 is 0 Å². The molecule has 1 unspecified atom stereocenters. The predicted molar refractivity (Wildman–Crippen MR) is 109 cm³/mol. The molecule has 3 aromatic rings. The van der Waals surface area contributed by atoms with E-state index in [2.05, 4.69) is 9.97 Å². The normalized spacial score (nSPS) is 11.0. The SMILES string of the molecule is COc1ccc(CC[AsH]c2cc(-c3ccc(F)c(C(=O)O)c3)nc(OC)n2)cc1. The maximum absolute atomic E-state index is 13.7. The minimum absolute atomic E-state index is 0.215. The number of hydrogen-bond donors (Lipinski definition) is 1. The molecule has 8 heteroatoms. The van der Waals surface area contributed by atoms with Gasteiger partial charge in [-0.15, -0.1) is 0 Å². The van der Waals surface area contributed by atoms with Gasteiger partial charge in [0.25, 0.3) is 0 Å². The van der Waals surface area contributed by atoms with Crippen molar-refractivity contribution in [2.75, 3.05) is 14.2 Å². The van der Waals surface area contributed by atoms with Crippen molar-refractivity contribution in [2.24, 2.45) is 0 Å². The molecule has 1 N–H and O–H groups in total. The second kappa shape index (κ2) is 9.52. The number of carboxylic acids is 1. The molecule has 0 aliphatic heterocycles. The number of benzene rings is 2. The van der Waals surface area contributed by atoms with Crippen LogP contribution in [0.15, 0.2) is 48.5 Å². The van der Waals surface area contributed by atoms with Gasteiger partial charge in [-0.25, -0.2) is 0 Å². The number of aromatic carboxylic acids is 1. The average Bonchev–Trinajstić information content (AvgIpc) is 2.74. The number of rotatable bonds is 8. The van der Waals surface area contributed by atoms with Crippen LogP contribution in [0.5, 0.6) is 11.8 Å². The fraction of sp³-hybridized carbons (Fsp3) is 0.190. The molecule has 0 bridgehead atoms. The number of nitrogens with zero attached hydrogens (tertiary/aromatic N) is 2. The molecule has 29 heavy (non-hydrogen) atoms. The molecule has 0 spiro atoms. The van der Waals surface area contributed by atoms with E-state index in [0.29, 0.717) is 11.3 Å². The molecule has 0 aliphatic carbocycles. The molecule has 0 fully saturated rings. The Hall–Kier alpha value is -2.92. The summed E-state index contributed by atoms with van der Waals surface area (Å²) in [6.45, 7) is 0. The topological polar surface area (TPSA) is 81.5 Å². The van der Waals surface area contributed by atoms with Crippen molar-refractivity contribution in [1.29, 1.82) is 0 Å². The first-order valence-electron chi connectivity index (χ1n) is 8.83. The Morgan fingerprint density at radius 2 is 1.83 bits per heavy atom. The van der Waals surface area contributed by atoms with Gasteiger partial charge in [-0.2, -0.15) is 0 Å². The molecule has 150 valence electrons. The van der Waals surface area contributed by atoms with E-state index in [4.69, 9.17) is 14.6 Å². The van der Waals surface area contributed by atoms with Gasteiger partial charge < -0.3 is 0 Å². The molecule has 0 saturated heterocycles. The van der Waals surface area contributed by atoms with Crippen LogP contribution in [0.25, 0.3) is 11.3 Å². The van der Waals surface area contributed by atoms with Crippen molar-refractivity contribution < 1.29 is 23.8 Å². The van der Waals surface area contributed by atoms with E-state index in [1.54, 1.807) is 7.11 Å². The van der Waals surface area contributed by atoms with Crippen molar-refractivity contribution in [2.45, 2.75) is 11.6 Å². The number of carboxylic acid groups (broad SMARTS) is 1. The Labute approximate surface area is 174 Å². The van der Waals surface area contributed by atoms with Gasteiger partial charge in [0.2, 0.25) is 0 Å². The van der Waals surface area contributed by atoms with Gasteiger partial charge >= 0.3 is 174 Å². The van der Waals surface area contributed by atoms with Crippen molar-refractivity contribution >= 4 is 26.2 Å². The van der Waals surface area contributed by atoms with Crippen LogP contribution in [-0.4, -0.2) is 51.0 Å². The molecule has 1 heterocycles. The fourth-order valence-corrected chi connectivity index (χ4v) is 5.00. The summed E-state index contributed by atoms with van der Waals surface area (Å²) in [5.74, 6) is -1.27. The van der Waals surface area contributed by atoms with Gasteiger partial charge in [0.05, 0.1) is 0 Å². The van der Waals surface area contributed by atoms with Gasteiger partial charge in [0.1, 0.15) is 0 Å². The summed E-state index contributed by atoms with van der Waals surface area (Å²) in [6.07, 6.45) is 0.922. The van der Waals surface area contributed by atoms with Gasteiger partial charge in [0.15, 0.2) is 0 Å². The molecule has 0 radical (unpaired) electrons. The third-order valence-electron chi connectivity index (χ3n) is 4.26. The van der Waals surface area contributed by atoms with Crippen LogP contribution in [0.4, 0.5) is 4.39 Å². The van der Waals surface area contributed by atoms with E-state index < -0.39 is 33.1 Å². The number of aryl methyl sites for hydroxylation is 1. The third-order valence-corrected chi connectivity index (χ3v) is 6.61. The first-order chi connectivity index (χ1) is 14.0. The first kappa shape index (κ1) is 20.8. The summed E-state index contributed by atoms with van der Waals surface area (Å²) in [5, 5.41) is 10.1. The Morgan fingerprint density at radius 3 is 2.48 bits per heavy atom. The number of ether oxygens (including phenoxy) is 2. The van der Waals surface area contributed by atoms with Crippen molar-refractivity contribution in [1.82, 2.24) is 9.97 Å². The number of halogens is 1. The first-order valence-corrected chi connectivity index (χ1v) is 11.4. The molecule has 0 aliphatic rings. The summed E-state index contributed by atoms with van der Waals surface area (Å²) in [7, 11) is 3.12. The molecule has 3 rings (SSSR count). The van der Waals surface area contributed by atoms with Crippen LogP contribution in [0, 0.1) is 5.82 Å². The van der Waals surface area contributed by atoms with Gasteiger partial charge in [-0.1, -0.05) is 0 Å². The second-order valence-electron chi connectivity index (χ2n) is 6.15. The van der Waals surface area contributed by atoms with Crippen LogP contribution in [0.3, 0.4) is 0 Å². The van der Waals surface area contributed by atoms with Crippen molar-refractivity contribution in [3.8, 4) is 23.0 Å². The molecule has 0 amide bonds. The van der Waals surface area contributed by atoms with Crippen molar-refractivity contribution in [3.63, 3.8) is 0 Å². The summed E-state index contributed by atoms with van der Waals surface area (Å²) in [5.41, 5.74) is 1.85. The molecule has 1 aromatic heterocycles. The number of carbonyl (C=O) groups is 1. The Kier molecular flexibility index (Phi) is 6.83. The molecule has 6 nitrogen and oxygen atoms in total. The van der Waals surface area contributed by atoms with Gasteiger partial charge in [0, 0.05) is 0 Å². The zero-order chi connectivity index (χ0) is 20.8. The number of aromatic nitrogens is 2. The Balaban J connectivity index is 1.78. The molecular weight excluding hydrogens is 438 g/mol. The minimum atomic E-state index is -1.32. The second-order valence-corrected chi connectivity index (χ2v) is 9.02. The zero-order valence-electron chi connectivity index (χ0n) is 16.0. The van der Waals surface area contributed by atoms with E-state index in [1.165, 1.54) is 24.8 Å². The molecule has 2 aromatic carbocycles. The summed E-state index contributed by atoms with van der Waals surface area (Å²) >= 11 is -0.573. The Bertz CT molecular complexity index is 1010. The van der Waals surface area contributed by atoms with Crippen molar-refractivity contribution in [3.05, 3.63) is 65.5 Å². The van der Waals surface area contributed by atoms with E-state index in [9.17, 15) is 9.18 Å². The monoisotopic (exact) mass is 458 g/mol. The quantitative estimate of drug-likeness (QED) is 0.523. The predicted octanol–water partition coefficient (Wildman–Crippen LogP) is 2.72.